The second-order valence-electron chi connectivity index (χ2n) is 2.32. The zero-order chi connectivity index (χ0) is 6.15. The maximum atomic E-state index is 2.29. The van der Waals surface area contributed by atoms with Gasteiger partial charge < -0.3 is 0 Å². The van der Waals surface area contributed by atoms with E-state index in [9.17, 15) is 0 Å². The van der Waals surface area contributed by atoms with Crippen molar-refractivity contribution < 1.29 is 0 Å². The molecule has 0 aliphatic carbocycles. The van der Waals surface area contributed by atoms with Crippen molar-refractivity contribution in [3.05, 3.63) is 11.1 Å². The average molecular weight is 126 g/mol. The Morgan fingerprint density at radius 1 is 1.50 bits per heavy atom. The molecule has 1 aliphatic rings. The maximum Gasteiger partial charge on any atom is 0.0193 e. The van der Waals surface area contributed by atoms with Gasteiger partial charge in [0, 0.05) is 5.66 Å². The molecule has 0 aromatic rings. The van der Waals surface area contributed by atoms with E-state index in [2.05, 4.69) is 26.6 Å². The van der Waals surface area contributed by atoms with Gasteiger partial charge >= 0.3 is 0 Å². The molecule has 0 aromatic heterocycles. The van der Waals surface area contributed by atoms with E-state index in [1.54, 1.807) is 5.57 Å². The van der Waals surface area contributed by atoms with Gasteiger partial charge in [0.05, 0.1) is 0 Å². The monoisotopic (exact) mass is 126 g/mol. The molecule has 0 bridgehead atoms. The molecule has 0 N–H and O–H groups in total. The van der Waals surface area contributed by atoms with E-state index in [1.807, 2.05) is 0 Å². The third-order valence-corrected chi connectivity index (χ3v) is 3.11. The summed E-state index contributed by atoms with van der Waals surface area (Å²) in [5, 5.41) is 0. The number of hydrogen-bond donors (Lipinski definition) is 0. The second kappa shape index (κ2) is 2.03. The lowest BCUT2D eigenvalue weighted by molar-refractivity contribution is 1.11. The Morgan fingerprint density at radius 3 is 2.25 bits per heavy atom. The van der Waals surface area contributed by atoms with Crippen LogP contribution in [0, 0.1) is 0 Å². The van der Waals surface area contributed by atoms with Crippen LogP contribution in [0.3, 0.4) is 0 Å². The quantitative estimate of drug-likeness (QED) is 0.437. The first-order valence-electron chi connectivity index (χ1n) is 2.92. The molecular formula is C7H11P. The van der Waals surface area contributed by atoms with Crippen molar-refractivity contribution in [1.29, 1.82) is 0 Å². The molecule has 0 amide bonds. The number of rotatable bonds is 0. The molecule has 0 radical (unpaired) electrons. The third kappa shape index (κ3) is 0.855. The fourth-order valence-electron chi connectivity index (χ4n) is 0.767. The summed E-state index contributed by atoms with van der Waals surface area (Å²) in [6, 6.07) is 0. The minimum atomic E-state index is 0.787. The number of hydrogen-bond acceptors (Lipinski definition) is 0. The van der Waals surface area contributed by atoms with E-state index in [4.69, 9.17) is 0 Å². The van der Waals surface area contributed by atoms with Crippen LogP contribution < -0.4 is 0 Å². The van der Waals surface area contributed by atoms with E-state index in [0.29, 0.717) is 0 Å². The van der Waals surface area contributed by atoms with E-state index in [0.717, 1.165) is 5.66 Å². The smallest absolute Gasteiger partial charge is 0.0193 e. The summed E-state index contributed by atoms with van der Waals surface area (Å²) >= 11 is 0. The second-order valence-corrected chi connectivity index (χ2v) is 3.65. The summed E-state index contributed by atoms with van der Waals surface area (Å²) < 4.78 is 0. The van der Waals surface area contributed by atoms with Crippen molar-refractivity contribution in [2.24, 2.45) is 0 Å². The van der Waals surface area contributed by atoms with E-state index >= 15 is 0 Å². The molecular weight excluding hydrogens is 115 g/mol. The zero-order valence-electron chi connectivity index (χ0n) is 5.60. The Kier molecular flexibility index (Phi) is 1.53. The van der Waals surface area contributed by atoms with E-state index in [1.165, 1.54) is 13.8 Å². The minimum Gasteiger partial charge on any atom is -0.0966 e. The maximum absolute atomic E-state index is 2.29. The van der Waals surface area contributed by atoms with Crippen LogP contribution in [-0.2, 0) is 0 Å². The first-order valence-corrected chi connectivity index (χ1v) is 3.95. The van der Waals surface area contributed by atoms with Gasteiger partial charge in [0.2, 0.25) is 0 Å². The third-order valence-electron chi connectivity index (χ3n) is 1.74. The molecule has 1 heteroatoms. The highest BCUT2D eigenvalue weighted by Crippen LogP contribution is 2.26. The molecule has 1 rings (SSSR count). The molecule has 1 atom stereocenters. The molecule has 1 unspecified atom stereocenters. The van der Waals surface area contributed by atoms with Crippen LogP contribution in [0.15, 0.2) is 11.1 Å². The standard InChI is InChI=1S/C7H11P/c1-5-4-8-7(3)6(5)2/h4,7H,1-3H3. The van der Waals surface area contributed by atoms with Crippen molar-refractivity contribution in [3.8, 4) is 0 Å². The van der Waals surface area contributed by atoms with Gasteiger partial charge in [0.1, 0.15) is 0 Å². The minimum absolute atomic E-state index is 0.787. The van der Waals surface area contributed by atoms with Crippen LogP contribution in [-0.4, -0.2) is 11.5 Å². The van der Waals surface area contributed by atoms with Crippen molar-refractivity contribution >= 4 is 14.0 Å². The van der Waals surface area contributed by atoms with Gasteiger partial charge in [-0.2, -0.15) is 0 Å². The van der Waals surface area contributed by atoms with Crippen LogP contribution in [0.1, 0.15) is 20.8 Å². The van der Waals surface area contributed by atoms with Gasteiger partial charge in [-0.15, -0.1) is 0 Å². The summed E-state index contributed by atoms with van der Waals surface area (Å²) in [5.74, 6) is 2.29. The van der Waals surface area contributed by atoms with E-state index in [-0.39, 0.29) is 0 Å². The van der Waals surface area contributed by atoms with Crippen LogP contribution in [0.2, 0.25) is 0 Å². The van der Waals surface area contributed by atoms with Crippen LogP contribution >= 0.6 is 8.20 Å². The summed E-state index contributed by atoms with van der Waals surface area (Å²) in [7, 11) is 1.48. The summed E-state index contributed by atoms with van der Waals surface area (Å²) in [6.07, 6.45) is 0. The Bertz CT molecular complexity index is 154. The lowest BCUT2D eigenvalue weighted by Gasteiger charge is -1.98. The first kappa shape index (κ1) is 6.04. The molecule has 0 saturated heterocycles. The van der Waals surface area contributed by atoms with Crippen LogP contribution in [0.5, 0.6) is 0 Å². The highest BCUT2D eigenvalue weighted by molar-refractivity contribution is 7.40. The summed E-state index contributed by atoms with van der Waals surface area (Å²) in [6.45, 7) is 6.67. The van der Waals surface area contributed by atoms with Gasteiger partial charge in [-0.3, -0.25) is 0 Å². The van der Waals surface area contributed by atoms with Gasteiger partial charge in [-0.05, 0) is 25.2 Å². The van der Waals surface area contributed by atoms with Gasteiger partial charge in [0.15, 0.2) is 0 Å². The molecule has 0 aromatic carbocycles. The average Bonchev–Trinajstić information content (AvgIpc) is 1.98. The van der Waals surface area contributed by atoms with Crippen molar-refractivity contribution in [1.82, 2.24) is 0 Å². The Balaban J connectivity index is 2.85. The highest BCUT2D eigenvalue weighted by atomic mass is 31.1. The molecule has 1 heterocycles. The normalized spacial score (nSPS) is 29.6. The molecule has 0 fully saturated rings. The lowest BCUT2D eigenvalue weighted by atomic mass is 10.1. The highest BCUT2D eigenvalue weighted by Gasteiger charge is 2.07. The van der Waals surface area contributed by atoms with Gasteiger partial charge in [-0.25, -0.2) is 0 Å². The largest absolute Gasteiger partial charge is 0.0966 e. The number of allylic oxidation sites excluding steroid dienone is 2. The van der Waals surface area contributed by atoms with Crippen LogP contribution in [0.25, 0.3) is 0 Å². The molecule has 8 heavy (non-hydrogen) atoms. The Labute approximate surface area is 52.4 Å². The fraction of sp³-hybridized carbons (Fsp3) is 0.571. The molecule has 1 aliphatic heterocycles. The summed E-state index contributed by atoms with van der Waals surface area (Å²) in [4.78, 5) is 0. The Morgan fingerprint density at radius 2 is 2.12 bits per heavy atom. The molecule has 0 nitrogen and oxygen atoms in total. The lowest BCUT2D eigenvalue weighted by Crippen LogP contribution is -1.89. The van der Waals surface area contributed by atoms with Gasteiger partial charge in [-0.1, -0.05) is 20.7 Å². The van der Waals surface area contributed by atoms with E-state index < -0.39 is 0 Å². The summed E-state index contributed by atoms with van der Waals surface area (Å²) in [5.41, 5.74) is 3.83. The van der Waals surface area contributed by atoms with Crippen LogP contribution in [0.4, 0.5) is 0 Å². The fourth-order valence-corrected chi connectivity index (χ4v) is 1.84. The SMILES string of the molecule is CC1=C(C)C(C)P=C1. The topological polar surface area (TPSA) is 0 Å². The predicted molar refractivity (Wildman–Crippen MR) is 40.8 cm³/mol. The molecule has 0 spiro atoms. The van der Waals surface area contributed by atoms with Crippen molar-refractivity contribution in [2.75, 3.05) is 0 Å². The Hall–Kier alpha value is -0.0900. The zero-order valence-corrected chi connectivity index (χ0v) is 6.50. The van der Waals surface area contributed by atoms with Gasteiger partial charge in [0.25, 0.3) is 0 Å². The molecule has 44 valence electrons. The molecule has 0 saturated carbocycles. The predicted octanol–water partition coefficient (Wildman–Crippen LogP) is 2.47. The first-order chi connectivity index (χ1) is 3.72. The van der Waals surface area contributed by atoms with Crippen molar-refractivity contribution in [3.63, 3.8) is 0 Å². The van der Waals surface area contributed by atoms with Crippen molar-refractivity contribution in [2.45, 2.75) is 26.4 Å².